The van der Waals surface area contributed by atoms with Gasteiger partial charge >= 0.3 is 0 Å². The predicted octanol–water partition coefficient (Wildman–Crippen LogP) is 2.64. The number of carbonyl (C=O) groups is 2. The van der Waals surface area contributed by atoms with Crippen LogP contribution in [0.1, 0.15) is 33.3 Å². The highest BCUT2D eigenvalue weighted by Gasteiger charge is 2.17. The molecule has 0 atom stereocenters. The SMILES string of the molecule is CCc1c(C(=O)NCCNC(=O)c2ccccc2Cl)cnn1-c1ccccn1. The van der Waals surface area contributed by atoms with Crippen LogP contribution >= 0.6 is 11.6 Å². The van der Waals surface area contributed by atoms with Crippen molar-refractivity contribution in [2.45, 2.75) is 13.3 Å². The number of pyridine rings is 1. The summed E-state index contributed by atoms with van der Waals surface area (Å²) < 4.78 is 1.66. The fourth-order valence-corrected chi connectivity index (χ4v) is 2.99. The van der Waals surface area contributed by atoms with E-state index in [9.17, 15) is 9.59 Å². The summed E-state index contributed by atoms with van der Waals surface area (Å²) in [5.41, 5.74) is 1.67. The normalized spacial score (nSPS) is 10.5. The Bertz CT molecular complexity index is 972. The minimum Gasteiger partial charge on any atom is -0.350 e. The van der Waals surface area contributed by atoms with E-state index in [4.69, 9.17) is 11.6 Å². The van der Waals surface area contributed by atoms with Crippen LogP contribution < -0.4 is 10.6 Å². The van der Waals surface area contributed by atoms with Gasteiger partial charge in [0.15, 0.2) is 5.82 Å². The van der Waals surface area contributed by atoms with Crippen LogP contribution in [-0.2, 0) is 6.42 Å². The minimum absolute atomic E-state index is 0.244. The summed E-state index contributed by atoms with van der Waals surface area (Å²) in [6.07, 6.45) is 3.84. The molecule has 0 aliphatic rings. The Morgan fingerprint density at radius 3 is 2.32 bits per heavy atom. The van der Waals surface area contributed by atoms with Crippen molar-refractivity contribution in [1.82, 2.24) is 25.4 Å². The molecule has 7 nitrogen and oxygen atoms in total. The molecule has 2 N–H and O–H groups in total. The molecule has 1 aromatic carbocycles. The quantitative estimate of drug-likeness (QED) is 0.600. The maximum absolute atomic E-state index is 12.5. The highest BCUT2D eigenvalue weighted by molar-refractivity contribution is 6.33. The lowest BCUT2D eigenvalue weighted by Gasteiger charge is -2.09. The van der Waals surface area contributed by atoms with Crippen molar-refractivity contribution in [3.05, 3.63) is 76.7 Å². The molecule has 0 fully saturated rings. The Kier molecular flexibility index (Phi) is 6.39. The zero-order valence-electron chi connectivity index (χ0n) is 15.4. The third-order valence-corrected chi connectivity index (χ3v) is 4.46. The first-order chi connectivity index (χ1) is 13.6. The zero-order valence-corrected chi connectivity index (χ0v) is 16.1. The van der Waals surface area contributed by atoms with E-state index < -0.39 is 0 Å². The smallest absolute Gasteiger partial charge is 0.254 e. The van der Waals surface area contributed by atoms with Crippen molar-refractivity contribution >= 4 is 23.4 Å². The number of aromatic nitrogens is 3. The highest BCUT2D eigenvalue weighted by atomic mass is 35.5. The standard InChI is InChI=1S/C20H20ClN5O2/c1-2-17-15(13-25-26(17)18-9-5-6-10-22-18)20(28)24-12-11-23-19(27)14-7-3-4-8-16(14)21/h3-10,13H,2,11-12H2,1H3,(H,23,27)(H,24,28). The largest absolute Gasteiger partial charge is 0.350 e. The van der Waals surface area contributed by atoms with Crippen LogP contribution in [0.15, 0.2) is 54.9 Å². The van der Waals surface area contributed by atoms with Crippen molar-refractivity contribution in [3.63, 3.8) is 0 Å². The molecule has 0 saturated carbocycles. The summed E-state index contributed by atoms with van der Waals surface area (Å²) in [4.78, 5) is 28.9. The van der Waals surface area contributed by atoms with Gasteiger partial charge in [0, 0.05) is 19.3 Å². The number of nitrogens with zero attached hydrogens (tertiary/aromatic N) is 3. The molecule has 0 saturated heterocycles. The average Bonchev–Trinajstić information content (AvgIpc) is 3.16. The van der Waals surface area contributed by atoms with Gasteiger partial charge < -0.3 is 10.6 Å². The lowest BCUT2D eigenvalue weighted by Crippen LogP contribution is -2.35. The van der Waals surface area contributed by atoms with E-state index in [0.717, 1.165) is 5.69 Å². The summed E-state index contributed by atoms with van der Waals surface area (Å²) in [7, 11) is 0. The monoisotopic (exact) mass is 397 g/mol. The summed E-state index contributed by atoms with van der Waals surface area (Å²) in [5.74, 6) is 0.133. The molecular weight excluding hydrogens is 378 g/mol. The van der Waals surface area contributed by atoms with Crippen LogP contribution in [-0.4, -0.2) is 39.7 Å². The van der Waals surface area contributed by atoms with E-state index in [-0.39, 0.29) is 24.9 Å². The molecule has 8 heteroatoms. The second-order valence-electron chi connectivity index (χ2n) is 5.95. The van der Waals surface area contributed by atoms with Crippen molar-refractivity contribution < 1.29 is 9.59 Å². The number of hydrogen-bond acceptors (Lipinski definition) is 4. The van der Waals surface area contributed by atoms with E-state index in [1.165, 1.54) is 6.20 Å². The molecule has 0 radical (unpaired) electrons. The van der Waals surface area contributed by atoms with Gasteiger partial charge in [0.25, 0.3) is 11.8 Å². The number of rotatable bonds is 7. The van der Waals surface area contributed by atoms with Gasteiger partial charge in [0.05, 0.1) is 28.0 Å². The second-order valence-corrected chi connectivity index (χ2v) is 6.36. The summed E-state index contributed by atoms with van der Waals surface area (Å²) in [6, 6.07) is 12.3. The Morgan fingerprint density at radius 2 is 1.68 bits per heavy atom. The molecule has 0 spiro atoms. The Morgan fingerprint density at radius 1 is 1.00 bits per heavy atom. The Labute approximate surface area is 167 Å². The van der Waals surface area contributed by atoms with Gasteiger partial charge in [-0.15, -0.1) is 0 Å². The van der Waals surface area contributed by atoms with Crippen LogP contribution in [0.4, 0.5) is 0 Å². The summed E-state index contributed by atoms with van der Waals surface area (Å²) in [6.45, 7) is 2.52. The summed E-state index contributed by atoms with van der Waals surface area (Å²) >= 11 is 6.00. The van der Waals surface area contributed by atoms with Gasteiger partial charge in [-0.25, -0.2) is 9.67 Å². The molecule has 0 aliphatic carbocycles. The van der Waals surface area contributed by atoms with E-state index in [0.29, 0.717) is 28.4 Å². The molecule has 28 heavy (non-hydrogen) atoms. The zero-order chi connectivity index (χ0) is 19.9. The second kappa shape index (κ2) is 9.14. The lowest BCUT2D eigenvalue weighted by atomic mass is 10.2. The third kappa shape index (κ3) is 4.37. The highest BCUT2D eigenvalue weighted by Crippen LogP contribution is 2.15. The molecule has 144 valence electrons. The Balaban J connectivity index is 1.58. The fraction of sp³-hybridized carbons (Fsp3) is 0.200. The van der Waals surface area contributed by atoms with Crippen molar-refractivity contribution in [2.75, 3.05) is 13.1 Å². The van der Waals surface area contributed by atoms with Gasteiger partial charge in [-0.05, 0) is 30.7 Å². The third-order valence-electron chi connectivity index (χ3n) is 4.13. The molecular formula is C20H20ClN5O2. The van der Waals surface area contributed by atoms with Crippen LogP contribution in [0.25, 0.3) is 5.82 Å². The van der Waals surface area contributed by atoms with E-state index in [2.05, 4.69) is 20.7 Å². The van der Waals surface area contributed by atoms with E-state index in [1.807, 2.05) is 25.1 Å². The number of hydrogen-bond donors (Lipinski definition) is 2. The molecule has 2 aromatic heterocycles. The average molecular weight is 398 g/mol. The number of halogens is 1. The van der Waals surface area contributed by atoms with Gasteiger partial charge in [-0.2, -0.15) is 5.10 Å². The van der Waals surface area contributed by atoms with E-state index >= 15 is 0 Å². The van der Waals surface area contributed by atoms with Crippen LogP contribution in [0.2, 0.25) is 5.02 Å². The maximum Gasteiger partial charge on any atom is 0.254 e. The predicted molar refractivity (Wildman–Crippen MR) is 107 cm³/mol. The number of benzene rings is 1. The first-order valence-electron chi connectivity index (χ1n) is 8.91. The topological polar surface area (TPSA) is 88.9 Å². The van der Waals surface area contributed by atoms with Gasteiger partial charge in [-0.3, -0.25) is 9.59 Å². The molecule has 2 amide bonds. The van der Waals surface area contributed by atoms with Crippen LogP contribution in [0, 0.1) is 0 Å². The van der Waals surface area contributed by atoms with Crippen molar-refractivity contribution in [2.24, 2.45) is 0 Å². The molecule has 2 heterocycles. The van der Waals surface area contributed by atoms with Gasteiger partial charge in [0.2, 0.25) is 0 Å². The van der Waals surface area contributed by atoms with Crippen LogP contribution in [0.5, 0.6) is 0 Å². The number of amides is 2. The molecule has 0 bridgehead atoms. The minimum atomic E-state index is -0.280. The van der Waals surface area contributed by atoms with E-state index in [1.54, 1.807) is 35.1 Å². The first-order valence-corrected chi connectivity index (χ1v) is 9.28. The van der Waals surface area contributed by atoms with Gasteiger partial charge in [-0.1, -0.05) is 36.7 Å². The maximum atomic E-state index is 12.5. The number of nitrogens with one attached hydrogen (secondary N) is 2. The Hall–Kier alpha value is -3.19. The lowest BCUT2D eigenvalue weighted by molar-refractivity contribution is 0.0927. The molecule has 0 aliphatic heterocycles. The summed E-state index contributed by atoms with van der Waals surface area (Å²) in [5, 5.41) is 10.2. The molecule has 0 unspecified atom stereocenters. The molecule has 3 rings (SSSR count). The van der Waals surface area contributed by atoms with Crippen LogP contribution in [0.3, 0.4) is 0 Å². The van der Waals surface area contributed by atoms with Crippen molar-refractivity contribution in [3.8, 4) is 5.82 Å². The van der Waals surface area contributed by atoms with Crippen molar-refractivity contribution in [1.29, 1.82) is 0 Å². The number of carbonyl (C=O) groups excluding carboxylic acids is 2. The van der Waals surface area contributed by atoms with Gasteiger partial charge in [0.1, 0.15) is 0 Å². The first kappa shape index (κ1) is 19.6. The molecule has 3 aromatic rings. The fourth-order valence-electron chi connectivity index (χ4n) is 2.77.